The van der Waals surface area contributed by atoms with Crippen molar-refractivity contribution in [2.75, 3.05) is 25.3 Å². The summed E-state index contributed by atoms with van der Waals surface area (Å²) in [5, 5.41) is 16.5. The third-order valence-electron chi connectivity index (χ3n) is 12.8. The number of fused-ring (bicyclic) bond motifs is 2. The standard InChI is InChI=1S/C42H60N5O7PSi2/c1-27(2)57(28(3)4,29(5)6)51-26-50-41-39(33-22-43-38-37(33)44-25-45-42(38)46-30(7)49)52-35(23-48)40(41)54-55-47-21-15-20-34(47)36(53-55)24-56(8,31-16-11-9-12-17-31)32-18-13-10-14-19-32/h9-14,16-19,22,25,27-29,33-36,39-41,48H,15,20-21,23-24,26H2,1-8H3,(H,44,45,46,49)/t33?,34-,35+,36+,39-,40?,41+,55+/m0/s1. The Balaban J connectivity index is 1.19. The third-order valence-corrected chi connectivity index (χ3v) is 25.0. The van der Waals surface area contributed by atoms with Crippen LogP contribution in [0.5, 0.6) is 0 Å². The highest BCUT2D eigenvalue weighted by atomic mass is 31.2. The first-order valence-corrected chi connectivity index (χ1v) is 26.6. The van der Waals surface area contributed by atoms with Crippen LogP contribution >= 0.6 is 8.53 Å². The molecule has 5 heterocycles. The second-order valence-corrected chi connectivity index (χ2v) is 28.2. The van der Waals surface area contributed by atoms with Crippen molar-refractivity contribution in [2.24, 2.45) is 4.99 Å². The molecule has 1 aromatic heterocycles. The normalized spacial score (nSPS) is 27.5. The van der Waals surface area contributed by atoms with Gasteiger partial charge in [-0.05, 0) is 35.5 Å². The van der Waals surface area contributed by atoms with E-state index in [0.29, 0.717) is 33.8 Å². The summed E-state index contributed by atoms with van der Waals surface area (Å²) in [6.45, 7) is 18.1. The van der Waals surface area contributed by atoms with E-state index in [9.17, 15) is 9.90 Å². The molecular weight excluding hydrogens is 774 g/mol. The summed E-state index contributed by atoms with van der Waals surface area (Å²) < 4.78 is 37.2. The number of rotatable bonds is 16. The van der Waals surface area contributed by atoms with Gasteiger partial charge in [0.05, 0.1) is 24.3 Å². The molecule has 3 fully saturated rings. The molecule has 8 atom stereocenters. The van der Waals surface area contributed by atoms with Crippen LogP contribution in [0.25, 0.3) is 0 Å². The fourth-order valence-corrected chi connectivity index (χ4v) is 21.3. The van der Waals surface area contributed by atoms with Crippen molar-refractivity contribution in [1.82, 2.24) is 14.6 Å². The maximum absolute atomic E-state index is 12.0. The minimum absolute atomic E-state index is 0.0171. The number of nitrogens with zero attached hydrogens (tertiary/aromatic N) is 4. The third kappa shape index (κ3) is 8.24. The fraction of sp³-hybridized carbons (Fsp3) is 0.571. The molecule has 7 rings (SSSR count). The van der Waals surface area contributed by atoms with Crippen LogP contribution in [0.3, 0.4) is 0 Å². The van der Waals surface area contributed by atoms with Gasteiger partial charge in [0.25, 0.3) is 8.53 Å². The van der Waals surface area contributed by atoms with Gasteiger partial charge >= 0.3 is 0 Å². The molecule has 4 aliphatic heterocycles. The molecule has 1 amide bonds. The van der Waals surface area contributed by atoms with Crippen LogP contribution in [0, 0.1) is 0 Å². The largest absolute Gasteiger partial charge is 0.394 e. The highest BCUT2D eigenvalue weighted by molar-refractivity contribution is 7.45. The van der Waals surface area contributed by atoms with Crippen LogP contribution < -0.4 is 15.7 Å². The SMILES string of the molecule is CC(=O)Nc1ncnc2c1N=CC2[C@@H]1O[C@H](CO)C(O[P@@]2O[C@H](C[Si](C)(c3ccccc3)c3ccccc3)[C@@H]3CCCN32)[C@@H]1OCO[Si](C(C)C)(C(C)C)C(C)C. The Morgan fingerprint density at radius 3 is 2.21 bits per heavy atom. The summed E-state index contributed by atoms with van der Waals surface area (Å²) in [7, 11) is -6.03. The summed E-state index contributed by atoms with van der Waals surface area (Å²) in [4.78, 5) is 25.6. The Morgan fingerprint density at radius 2 is 1.61 bits per heavy atom. The van der Waals surface area contributed by atoms with Crippen LogP contribution in [0.4, 0.5) is 11.5 Å². The lowest BCUT2D eigenvalue weighted by molar-refractivity contribution is -0.114. The number of hydrogen-bond donors (Lipinski definition) is 2. The molecule has 0 aliphatic carbocycles. The maximum atomic E-state index is 12.0. The Morgan fingerprint density at radius 1 is 0.965 bits per heavy atom. The zero-order chi connectivity index (χ0) is 40.5. The van der Waals surface area contributed by atoms with Crippen molar-refractivity contribution in [2.45, 2.75) is 133 Å². The van der Waals surface area contributed by atoms with Crippen molar-refractivity contribution in [3.63, 3.8) is 0 Å². The quantitative estimate of drug-likeness (QED) is 0.0892. The molecule has 57 heavy (non-hydrogen) atoms. The average Bonchev–Trinajstić information content (AvgIpc) is 3.98. The van der Waals surface area contributed by atoms with E-state index in [1.807, 2.05) is 0 Å². The smallest absolute Gasteiger partial charge is 0.259 e. The number of aromatic nitrogens is 2. The van der Waals surface area contributed by atoms with E-state index < -0.39 is 55.3 Å². The molecule has 3 saturated heterocycles. The van der Waals surface area contributed by atoms with Gasteiger partial charge in [0.1, 0.15) is 51.3 Å². The van der Waals surface area contributed by atoms with Crippen molar-refractivity contribution in [1.29, 1.82) is 0 Å². The fourth-order valence-electron chi connectivity index (χ4n) is 10.1. The molecule has 4 aliphatic rings. The number of amides is 1. The predicted octanol–water partition coefficient (Wildman–Crippen LogP) is 6.90. The van der Waals surface area contributed by atoms with Crippen LogP contribution in [-0.4, -0.2) is 105 Å². The molecule has 3 aromatic rings. The number of anilines is 1. The Kier molecular flexibility index (Phi) is 13.3. The molecule has 0 radical (unpaired) electrons. The summed E-state index contributed by atoms with van der Waals surface area (Å²) in [6.07, 6.45) is 2.67. The number of ether oxygens (including phenoxy) is 2. The molecule has 2 N–H and O–H groups in total. The lowest BCUT2D eigenvalue weighted by Gasteiger charge is -2.42. The minimum atomic E-state index is -2.29. The molecule has 2 unspecified atom stereocenters. The number of aliphatic hydroxyl groups is 1. The van der Waals surface area contributed by atoms with Gasteiger partial charge in [-0.15, -0.1) is 0 Å². The van der Waals surface area contributed by atoms with Gasteiger partial charge in [-0.3, -0.25) is 9.79 Å². The Labute approximate surface area is 341 Å². The van der Waals surface area contributed by atoms with E-state index in [1.54, 1.807) is 6.21 Å². The first-order valence-electron chi connectivity index (χ1n) is 20.6. The second kappa shape index (κ2) is 17.8. The van der Waals surface area contributed by atoms with Gasteiger partial charge in [0.2, 0.25) is 14.2 Å². The number of nitrogens with one attached hydrogen (secondary N) is 1. The van der Waals surface area contributed by atoms with Crippen LogP contribution in [0.15, 0.2) is 72.0 Å². The van der Waals surface area contributed by atoms with Gasteiger partial charge in [-0.1, -0.05) is 119 Å². The van der Waals surface area contributed by atoms with Gasteiger partial charge in [0, 0.05) is 25.7 Å². The summed E-state index contributed by atoms with van der Waals surface area (Å²) >= 11 is 0. The van der Waals surface area contributed by atoms with E-state index in [-0.39, 0.29) is 31.5 Å². The minimum Gasteiger partial charge on any atom is -0.394 e. The van der Waals surface area contributed by atoms with Gasteiger partial charge < -0.3 is 33.4 Å². The number of aliphatic hydroxyl groups excluding tert-OH is 1. The predicted molar refractivity (Wildman–Crippen MR) is 230 cm³/mol. The van der Waals surface area contributed by atoms with Crippen LogP contribution in [0.2, 0.25) is 29.2 Å². The monoisotopic (exact) mass is 833 g/mol. The van der Waals surface area contributed by atoms with E-state index in [2.05, 4.69) is 134 Å². The first kappa shape index (κ1) is 42.4. The number of benzene rings is 2. The van der Waals surface area contributed by atoms with Crippen molar-refractivity contribution in [3.8, 4) is 0 Å². The number of aliphatic imine (C=N–C) groups is 1. The number of carbonyl (C=O) groups is 1. The molecule has 0 spiro atoms. The Hall–Kier alpha value is -2.76. The molecule has 308 valence electrons. The molecular formula is C42H60N5O7PSi2. The summed E-state index contributed by atoms with van der Waals surface area (Å²) in [5.74, 6) is -0.355. The van der Waals surface area contributed by atoms with Gasteiger partial charge in [-0.25, -0.2) is 14.6 Å². The summed E-state index contributed by atoms with van der Waals surface area (Å²) in [5.41, 5.74) is 2.21. The lowest BCUT2D eigenvalue weighted by Crippen LogP contribution is -2.58. The van der Waals surface area contributed by atoms with E-state index in [0.717, 1.165) is 25.4 Å². The summed E-state index contributed by atoms with van der Waals surface area (Å²) in [6, 6.07) is 23.0. The van der Waals surface area contributed by atoms with E-state index >= 15 is 0 Å². The van der Waals surface area contributed by atoms with E-state index in [4.69, 9.17) is 22.9 Å². The second-order valence-electron chi connectivity index (χ2n) is 17.1. The molecule has 0 saturated carbocycles. The average molecular weight is 834 g/mol. The van der Waals surface area contributed by atoms with Crippen LogP contribution in [-0.2, 0) is 27.7 Å². The van der Waals surface area contributed by atoms with Crippen molar-refractivity contribution >= 4 is 58.9 Å². The maximum Gasteiger partial charge on any atom is 0.259 e. The van der Waals surface area contributed by atoms with Gasteiger partial charge in [0.15, 0.2) is 5.82 Å². The highest BCUT2D eigenvalue weighted by Gasteiger charge is 2.56. The van der Waals surface area contributed by atoms with Gasteiger partial charge in [-0.2, -0.15) is 0 Å². The molecule has 15 heteroatoms. The van der Waals surface area contributed by atoms with Crippen molar-refractivity contribution < 1.29 is 32.8 Å². The highest BCUT2D eigenvalue weighted by Crippen LogP contribution is 2.59. The zero-order valence-corrected chi connectivity index (χ0v) is 37.5. The molecule has 12 nitrogen and oxygen atoms in total. The van der Waals surface area contributed by atoms with Crippen LogP contribution in [0.1, 0.15) is 72.9 Å². The molecule has 2 aromatic carbocycles. The Bertz CT molecular complexity index is 1800. The number of carbonyl (C=O) groups excluding carboxylic acids is 1. The lowest BCUT2D eigenvalue weighted by atomic mass is 9.94. The van der Waals surface area contributed by atoms with E-state index in [1.165, 1.54) is 23.6 Å². The first-order chi connectivity index (χ1) is 27.4. The molecule has 0 bridgehead atoms. The zero-order valence-electron chi connectivity index (χ0n) is 34.6. The topological polar surface area (TPSA) is 137 Å². The van der Waals surface area contributed by atoms with Crippen molar-refractivity contribution in [3.05, 3.63) is 72.7 Å². The number of hydrogen-bond acceptors (Lipinski definition) is 11.